The maximum absolute atomic E-state index is 11.4. The zero-order chi connectivity index (χ0) is 22.7. The first-order valence-corrected chi connectivity index (χ1v) is 10.2. The summed E-state index contributed by atoms with van der Waals surface area (Å²) in [6.45, 7) is 4.47. The number of carbonyl (C=O) groups is 1. The highest BCUT2D eigenvalue weighted by Gasteiger charge is 2.12. The van der Waals surface area contributed by atoms with Crippen LogP contribution in [0, 0.1) is 13.8 Å². The van der Waals surface area contributed by atoms with Gasteiger partial charge >= 0.3 is 0 Å². The van der Waals surface area contributed by atoms with Gasteiger partial charge in [-0.05, 0) is 55.8 Å². The lowest BCUT2D eigenvalue weighted by atomic mass is 10.0. The molecule has 2 heterocycles. The molecule has 2 aromatic heterocycles. The van der Waals surface area contributed by atoms with Gasteiger partial charge in [-0.3, -0.25) is 14.4 Å². The molecule has 0 saturated carbocycles. The van der Waals surface area contributed by atoms with Crippen LogP contribution in [0.4, 0.5) is 11.6 Å². The molecule has 8 heteroatoms. The van der Waals surface area contributed by atoms with E-state index in [1.54, 1.807) is 0 Å². The van der Waals surface area contributed by atoms with E-state index in [1.165, 1.54) is 4.59 Å². The molecule has 158 valence electrons. The zero-order valence-electron chi connectivity index (χ0n) is 18.3. The van der Waals surface area contributed by atoms with E-state index in [0.29, 0.717) is 23.9 Å². The fourth-order valence-electron chi connectivity index (χ4n) is 3.46. The highest BCUT2D eigenvalue weighted by atomic mass is 16.1. The highest BCUT2D eigenvalue weighted by Crippen LogP contribution is 2.26. The van der Waals surface area contributed by atoms with E-state index >= 15 is 0 Å². The first kappa shape index (κ1) is 21.5. The highest BCUT2D eigenvalue weighted by molar-refractivity contribution is 6.07. The lowest BCUT2D eigenvalue weighted by molar-refractivity contribution is 0.112. The van der Waals surface area contributed by atoms with Crippen molar-refractivity contribution >= 4 is 25.9 Å². The molecule has 0 aliphatic heterocycles. The Morgan fingerprint density at radius 2 is 1.75 bits per heavy atom. The van der Waals surface area contributed by atoms with Crippen molar-refractivity contribution in [2.24, 2.45) is 0 Å². The summed E-state index contributed by atoms with van der Waals surface area (Å²) in [4.78, 5) is 20.3. The van der Waals surface area contributed by atoms with Gasteiger partial charge in [0.25, 0.3) is 7.98 Å². The van der Waals surface area contributed by atoms with E-state index in [-0.39, 0.29) is 0 Å². The summed E-state index contributed by atoms with van der Waals surface area (Å²) < 4.78 is 1.22. The number of nitrogens with zero attached hydrogens (tertiary/aromatic N) is 4. The molecule has 0 fully saturated rings. The fraction of sp³-hybridized carbons (Fsp3) is 0.167. The summed E-state index contributed by atoms with van der Waals surface area (Å²) in [7, 11) is 7.91. The lowest BCUT2D eigenvalue weighted by Gasteiger charge is -2.13. The van der Waals surface area contributed by atoms with Crippen LogP contribution in [0.1, 0.15) is 27.2 Å². The molecular formula is C24H23BN6O. The number of aromatic nitrogens is 4. The summed E-state index contributed by atoms with van der Waals surface area (Å²) >= 11 is 0. The summed E-state index contributed by atoms with van der Waals surface area (Å²) in [6, 6.07) is 15.8. The van der Waals surface area contributed by atoms with Crippen LogP contribution in [-0.2, 0) is 6.54 Å². The molecule has 0 saturated heterocycles. The Balaban J connectivity index is 1.59. The average Bonchev–Trinajstić information content (AvgIpc) is 3.17. The Bertz CT molecular complexity index is 1250. The minimum atomic E-state index is 0.407. The number of anilines is 2. The largest absolute Gasteiger partial charge is 0.325 e. The van der Waals surface area contributed by atoms with Gasteiger partial charge in [0.05, 0.1) is 0 Å². The Morgan fingerprint density at radius 1 is 1.03 bits per heavy atom. The third-order valence-corrected chi connectivity index (χ3v) is 5.25. The third kappa shape index (κ3) is 4.45. The zero-order valence-corrected chi connectivity index (χ0v) is 18.3. The predicted molar refractivity (Wildman–Crippen MR) is 127 cm³/mol. The second kappa shape index (κ2) is 9.15. The summed E-state index contributed by atoms with van der Waals surface area (Å²) in [5.41, 5.74) is 7.22. The number of hydrogen-bond donors (Lipinski definition) is 2. The number of pyridine rings is 1. The molecular weight excluding hydrogens is 399 g/mol. The number of benzene rings is 2. The van der Waals surface area contributed by atoms with Crippen molar-refractivity contribution in [3.05, 3.63) is 77.1 Å². The monoisotopic (exact) mass is 422 g/mol. The molecule has 2 N–H and O–H groups in total. The number of aldehydes is 1. The molecule has 0 atom stereocenters. The van der Waals surface area contributed by atoms with Crippen molar-refractivity contribution in [2.75, 3.05) is 12.4 Å². The quantitative estimate of drug-likeness (QED) is 0.348. The third-order valence-electron chi connectivity index (χ3n) is 5.25. The summed E-state index contributed by atoms with van der Waals surface area (Å²) in [6.07, 6.45) is 2.73. The molecule has 0 aliphatic carbocycles. The predicted octanol–water partition coefficient (Wildman–Crippen LogP) is 3.83. The molecule has 32 heavy (non-hydrogen) atoms. The van der Waals surface area contributed by atoms with Gasteiger partial charge in [-0.25, -0.2) is 0 Å². The number of hydrogen-bond acceptors (Lipinski definition) is 6. The van der Waals surface area contributed by atoms with Gasteiger partial charge < -0.3 is 10.6 Å². The van der Waals surface area contributed by atoms with E-state index < -0.39 is 0 Å². The van der Waals surface area contributed by atoms with Crippen LogP contribution in [0.2, 0.25) is 0 Å². The van der Waals surface area contributed by atoms with Crippen molar-refractivity contribution in [1.82, 2.24) is 25.0 Å². The number of aryl methyl sites for hydroxylation is 2. The molecule has 0 unspecified atom stereocenters. The van der Waals surface area contributed by atoms with Crippen molar-refractivity contribution < 1.29 is 4.79 Å². The summed E-state index contributed by atoms with van der Waals surface area (Å²) in [5, 5.41) is 10.7. The van der Waals surface area contributed by atoms with E-state index in [9.17, 15) is 4.79 Å². The maximum atomic E-state index is 11.4. The molecule has 7 nitrogen and oxygen atoms in total. The van der Waals surface area contributed by atoms with Crippen molar-refractivity contribution in [3.8, 4) is 22.5 Å². The minimum absolute atomic E-state index is 0.407. The van der Waals surface area contributed by atoms with Crippen molar-refractivity contribution in [3.63, 3.8) is 0 Å². The Hall–Kier alpha value is -3.78. The Labute approximate surface area is 188 Å². The van der Waals surface area contributed by atoms with Crippen LogP contribution in [0.3, 0.4) is 0 Å². The van der Waals surface area contributed by atoms with Crippen LogP contribution in [-0.4, -0.2) is 41.0 Å². The minimum Gasteiger partial charge on any atom is -0.325 e. The van der Waals surface area contributed by atoms with Crippen LogP contribution in [0.15, 0.2) is 54.7 Å². The fourth-order valence-corrected chi connectivity index (χ4v) is 3.46. The molecule has 2 radical (unpaired) electrons. The molecule has 2 aromatic carbocycles. The van der Waals surface area contributed by atoms with Crippen molar-refractivity contribution in [2.45, 2.75) is 20.4 Å². The van der Waals surface area contributed by atoms with E-state index in [2.05, 4.69) is 25.7 Å². The van der Waals surface area contributed by atoms with Crippen LogP contribution < -0.4 is 10.6 Å². The SMILES string of the molecule is [B]n1nc(-c2ccc(-c3ccc(C)nc3)cc2)nc1Nc1cc(CNC)c(C=O)cc1C. The topological polar surface area (TPSA) is 84.7 Å². The normalized spacial score (nSPS) is 10.8. The number of rotatable bonds is 7. The lowest BCUT2D eigenvalue weighted by Crippen LogP contribution is -2.10. The maximum Gasteiger partial charge on any atom is 0.269 e. The van der Waals surface area contributed by atoms with Gasteiger partial charge in [0.15, 0.2) is 5.82 Å². The smallest absolute Gasteiger partial charge is 0.269 e. The van der Waals surface area contributed by atoms with Gasteiger partial charge in [-0.15, -0.1) is 0 Å². The van der Waals surface area contributed by atoms with Crippen molar-refractivity contribution in [1.29, 1.82) is 0 Å². The first-order chi connectivity index (χ1) is 15.5. The molecule has 0 amide bonds. The average molecular weight is 422 g/mol. The van der Waals surface area contributed by atoms with Gasteiger partial charge in [-0.2, -0.15) is 10.1 Å². The summed E-state index contributed by atoms with van der Waals surface area (Å²) in [5.74, 6) is 0.922. The van der Waals surface area contributed by atoms with E-state index in [1.807, 2.05) is 75.6 Å². The van der Waals surface area contributed by atoms with Crippen LogP contribution >= 0.6 is 0 Å². The Morgan fingerprint density at radius 3 is 2.41 bits per heavy atom. The number of carbonyl (C=O) groups excluding carboxylic acids is 1. The molecule has 4 aromatic rings. The second-order valence-electron chi connectivity index (χ2n) is 7.61. The van der Waals surface area contributed by atoms with E-state index in [0.717, 1.165) is 45.5 Å². The standard InChI is InChI=1S/C24H23BN6O/c1-15-10-21(14-32)20(12-26-3)11-22(15)28-24-29-23(30-31(24)25)18-8-6-17(7-9-18)19-5-4-16(2)27-13-19/h4-11,13-14,26H,12H2,1-3H3,(H,28,29,30). The first-order valence-electron chi connectivity index (χ1n) is 10.2. The van der Waals surface area contributed by atoms with Crippen LogP contribution in [0.25, 0.3) is 22.5 Å². The van der Waals surface area contributed by atoms with E-state index in [4.69, 9.17) is 7.98 Å². The van der Waals surface area contributed by atoms with Crippen LogP contribution in [0.5, 0.6) is 0 Å². The second-order valence-corrected chi connectivity index (χ2v) is 7.61. The van der Waals surface area contributed by atoms with Gasteiger partial charge in [0.2, 0.25) is 5.95 Å². The van der Waals surface area contributed by atoms with Gasteiger partial charge in [-0.1, -0.05) is 30.3 Å². The molecule has 0 spiro atoms. The van der Waals surface area contributed by atoms with Gasteiger partial charge in [0, 0.05) is 40.8 Å². The Kier molecular flexibility index (Phi) is 6.14. The number of nitrogens with one attached hydrogen (secondary N) is 2. The molecule has 0 bridgehead atoms. The molecule has 4 rings (SSSR count). The van der Waals surface area contributed by atoms with Gasteiger partial charge in [0.1, 0.15) is 6.29 Å². The molecule has 0 aliphatic rings.